The van der Waals surface area contributed by atoms with Crippen molar-refractivity contribution in [1.82, 2.24) is 0 Å². The van der Waals surface area contributed by atoms with E-state index in [0.717, 1.165) is 11.3 Å². The van der Waals surface area contributed by atoms with Gasteiger partial charge in [-0.05, 0) is 42.7 Å². The predicted molar refractivity (Wildman–Crippen MR) is 62.5 cm³/mol. The van der Waals surface area contributed by atoms with Crippen molar-refractivity contribution >= 4 is 24.1 Å². The van der Waals surface area contributed by atoms with Crippen LogP contribution in [0.3, 0.4) is 0 Å². The summed E-state index contributed by atoms with van der Waals surface area (Å²) < 4.78 is 0. The molecule has 0 saturated heterocycles. The molecule has 0 unspecified atom stereocenters. The quantitative estimate of drug-likeness (QED) is 0.830. The van der Waals surface area contributed by atoms with E-state index in [1.54, 1.807) is 24.3 Å². The number of rotatable bonds is 2. The summed E-state index contributed by atoms with van der Waals surface area (Å²) in [6.07, 6.45) is 1.24. The van der Waals surface area contributed by atoms with Gasteiger partial charge < -0.3 is 10.2 Å². The third kappa shape index (κ3) is 2.52. The number of carboxylic acids is 1. The summed E-state index contributed by atoms with van der Waals surface area (Å²) in [5.74, 6) is -0.670. The molecule has 0 saturated carbocycles. The Morgan fingerprint density at radius 1 is 1.31 bits per heavy atom. The zero-order valence-corrected chi connectivity index (χ0v) is 9.28. The number of hydrogen-bond acceptors (Lipinski definition) is 3. The van der Waals surface area contributed by atoms with E-state index in [0.29, 0.717) is 12.8 Å². The van der Waals surface area contributed by atoms with Crippen LogP contribution in [0.25, 0.3) is 0 Å². The number of benzene rings is 1. The molecule has 1 heterocycles. The molecule has 2 N–H and O–H groups in total. The van der Waals surface area contributed by atoms with Gasteiger partial charge in [0.15, 0.2) is 0 Å². The average Bonchev–Trinajstić information content (AvgIpc) is 2.68. The molecule has 2 rings (SSSR count). The maximum Gasteiger partial charge on any atom is 0.328 e. The minimum absolute atomic E-state index is 0. The van der Waals surface area contributed by atoms with Gasteiger partial charge in [0, 0.05) is 5.71 Å². The van der Waals surface area contributed by atoms with Crippen LogP contribution >= 0.6 is 12.4 Å². The molecule has 86 valence electrons. The smallest absolute Gasteiger partial charge is 0.328 e. The number of nitrogens with zero attached hydrogens (tertiary/aromatic N) is 1. The highest BCUT2D eigenvalue weighted by atomic mass is 35.5. The first-order valence-electron chi connectivity index (χ1n) is 4.75. The van der Waals surface area contributed by atoms with E-state index < -0.39 is 12.0 Å². The number of phenolic OH excluding ortho intramolecular Hbond substituents is 1. The SMILES string of the molecule is Cl.O=C(O)[C@@H]1CCC(c2ccc(O)cc2)=N1. The fourth-order valence-corrected chi connectivity index (χ4v) is 1.64. The molecule has 0 aromatic heterocycles. The number of halogens is 1. The first kappa shape index (κ1) is 12.5. The second kappa shape index (κ2) is 4.99. The zero-order valence-electron chi connectivity index (χ0n) is 8.46. The number of hydrogen-bond donors (Lipinski definition) is 2. The van der Waals surface area contributed by atoms with Crippen molar-refractivity contribution in [3.63, 3.8) is 0 Å². The first-order chi connectivity index (χ1) is 7.16. The van der Waals surface area contributed by atoms with Crippen LogP contribution in [-0.4, -0.2) is 27.9 Å². The zero-order chi connectivity index (χ0) is 10.8. The van der Waals surface area contributed by atoms with Crippen LogP contribution in [0, 0.1) is 0 Å². The van der Waals surface area contributed by atoms with Gasteiger partial charge in [-0.15, -0.1) is 12.4 Å². The number of phenols is 1. The third-order valence-corrected chi connectivity index (χ3v) is 2.45. The van der Waals surface area contributed by atoms with Crippen LogP contribution in [0.1, 0.15) is 18.4 Å². The molecule has 0 fully saturated rings. The van der Waals surface area contributed by atoms with Crippen molar-refractivity contribution in [2.45, 2.75) is 18.9 Å². The van der Waals surface area contributed by atoms with Gasteiger partial charge >= 0.3 is 5.97 Å². The van der Waals surface area contributed by atoms with E-state index >= 15 is 0 Å². The summed E-state index contributed by atoms with van der Waals surface area (Å²) in [7, 11) is 0. The highest BCUT2D eigenvalue weighted by Gasteiger charge is 2.23. The fraction of sp³-hybridized carbons (Fsp3) is 0.273. The molecule has 1 atom stereocenters. The number of aliphatic imine (C=N–C) groups is 1. The summed E-state index contributed by atoms with van der Waals surface area (Å²) in [4.78, 5) is 14.8. The van der Waals surface area contributed by atoms with E-state index in [4.69, 9.17) is 10.2 Å². The van der Waals surface area contributed by atoms with Crippen molar-refractivity contribution in [1.29, 1.82) is 0 Å². The molecule has 0 spiro atoms. The Morgan fingerprint density at radius 2 is 1.94 bits per heavy atom. The molecular weight excluding hydrogens is 230 g/mol. The minimum Gasteiger partial charge on any atom is -0.508 e. The Labute approximate surface area is 99.0 Å². The van der Waals surface area contributed by atoms with Gasteiger partial charge in [-0.2, -0.15) is 0 Å². The van der Waals surface area contributed by atoms with E-state index in [1.165, 1.54) is 0 Å². The van der Waals surface area contributed by atoms with Gasteiger partial charge in [0.05, 0.1) is 0 Å². The van der Waals surface area contributed by atoms with E-state index in [-0.39, 0.29) is 18.2 Å². The third-order valence-electron chi connectivity index (χ3n) is 2.45. The molecule has 1 aliphatic heterocycles. The standard InChI is InChI=1S/C11H11NO3.ClH/c13-8-3-1-7(2-4-8)9-5-6-10(12-9)11(14)15;/h1-4,10,13H,5-6H2,(H,14,15);1H/t10-;/m0./s1. The fourth-order valence-electron chi connectivity index (χ4n) is 1.64. The number of aromatic hydroxyl groups is 1. The topological polar surface area (TPSA) is 69.9 Å². The Morgan fingerprint density at radius 3 is 2.44 bits per heavy atom. The van der Waals surface area contributed by atoms with Crippen molar-refractivity contribution in [3.05, 3.63) is 29.8 Å². The lowest BCUT2D eigenvalue weighted by Gasteiger charge is -1.99. The number of aliphatic carboxylic acids is 1. The van der Waals surface area contributed by atoms with Crippen molar-refractivity contribution in [2.75, 3.05) is 0 Å². The van der Waals surface area contributed by atoms with Crippen molar-refractivity contribution in [2.24, 2.45) is 4.99 Å². The highest BCUT2D eigenvalue weighted by Crippen LogP contribution is 2.20. The molecule has 0 aliphatic carbocycles. The van der Waals surface area contributed by atoms with E-state index in [1.807, 2.05) is 0 Å². The second-order valence-corrected chi connectivity index (χ2v) is 3.52. The Bertz CT molecular complexity index is 414. The normalized spacial score (nSPS) is 18.8. The molecule has 0 radical (unpaired) electrons. The molecule has 5 heteroatoms. The molecule has 0 bridgehead atoms. The maximum absolute atomic E-state index is 10.7. The minimum atomic E-state index is -0.872. The van der Waals surface area contributed by atoms with Crippen molar-refractivity contribution < 1.29 is 15.0 Å². The molecule has 1 aromatic carbocycles. The molecular formula is C11H12ClNO3. The summed E-state index contributed by atoms with van der Waals surface area (Å²) in [6.45, 7) is 0. The lowest BCUT2D eigenvalue weighted by molar-refractivity contribution is -0.138. The van der Waals surface area contributed by atoms with Gasteiger partial charge in [-0.25, -0.2) is 4.79 Å². The Kier molecular flexibility index (Phi) is 3.90. The van der Waals surface area contributed by atoms with Gasteiger partial charge in [-0.1, -0.05) is 0 Å². The van der Waals surface area contributed by atoms with Crippen LogP contribution in [0.5, 0.6) is 5.75 Å². The van der Waals surface area contributed by atoms with E-state index in [2.05, 4.69) is 4.99 Å². The second-order valence-electron chi connectivity index (χ2n) is 3.52. The Hall–Kier alpha value is -1.55. The van der Waals surface area contributed by atoms with Crippen LogP contribution in [0.2, 0.25) is 0 Å². The largest absolute Gasteiger partial charge is 0.508 e. The molecule has 1 aromatic rings. The maximum atomic E-state index is 10.7. The van der Waals surface area contributed by atoms with Gasteiger partial charge in [-0.3, -0.25) is 4.99 Å². The molecule has 4 nitrogen and oxygen atoms in total. The number of carbonyl (C=O) groups is 1. The van der Waals surface area contributed by atoms with Gasteiger partial charge in [0.25, 0.3) is 0 Å². The lowest BCUT2D eigenvalue weighted by atomic mass is 10.1. The molecule has 16 heavy (non-hydrogen) atoms. The summed E-state index contributed by atoms with van der Waals surface area (Å²) >= 11 is 0. The summed E-state index contributed by atoms with van der Waals surface area (Å²) in [5.41, 5.74) is 1.69. The average molecular weight is 242 g/mol. The van der Waals surface area contributed by atoms with Gasteiger partial charge in [0.2, 0.25) is 0 Å². The predicted octanol–water partition coefficient (Wildman–Crippen LogP) is 1.85. The van der Waals surface area contributed by atoms with Gasteiger partial charge in [0.1, 0.15) is 11.8 Å². The van der Waals surface area contributed by atoms with Crippen LogP contribution < -0.4 is 0 Å². The first-order valence-corrected chi connectivity index (χ1v) is 4.75. The monoisotopic (exact) mass is 241 g/mol. The van der Waals surface area contributed by atoms with Crippen LogP contribution in [0.4, 0.5) is 0 Å². The molecule has 1 aliphatic rings. The Balaban J connectivity index is 0.00000128. The van der Waals surface area contributed by atoms with E-state index in [9.17, 15) is 4.79 Å². The summed E-state index contributed by atoms with van der Waals surface area (Å²) in [5, 5.41) is 17.9. The van der Waals surface area contributed by atoms with Crippen LogP contribution in [-0.2, 0) is 4.79 Å². The highest BCUT2D eigenvalue weighted by molar-refractivity contribution is 6.03. The molecule has 0 amide bonds. The lowest BCUT2D eigenvalue weighted by Crippen LogP contribution is -2.13. The van der Waals surface area contributed by atoms with Crippen LogP contribution in [0.15, 0.2) is 29.3 Å². The number of carboxylic acid groups (broad SMARTS) is 1. The summed E-state index contributed by atoms with van der Waals surface area (Å²) in [6, 6.07) is 6.04. The van der Waals surface area contributed by atoms with Crippen molar-refractivity contribution in [3.8, 4) is 5.75 Å².